The Kier molecular flexibility index (Phi) is 5.14. The van der Waals surface area contributed by atoms with Gasteiger partial charge >= 0.3 is 0 Å². The van der Waals surface area contributed by atoms with Gasteiger partial charge in [0.15, 0.2) is 16.7 Å². The molecule has 1 amide bonds. The second-order valence-corrected chi connectivity index (χ2v) is 7.05. The highest BCUT2D eigenvalue weighted by molar-refractivity contribution is 7.16. The molecular formula is C20H19N3O4S. The molecule has 0 radical (unpaired) electrons. The van der Waals surface area contributed by atoms with Crippen molar-refractivity contribution in [2.75, 3.05) is 12.4 Å². The number of rotatable bonds is 7. The Morgan fingerprint density at radius 2 is 2.07 bits per heavy atom. The molecule has 3 aromatic rings. The summed E-state index contributed by atoms with van der Waals surface area (Å²) >= 11 is 1.37. The highest BCUT2D eigenvalue weighted by Gasteiger charge is 2.46. The minimum atomic E-state index is -0.353. The minimum absolute atomic E-state index is 0.0935. The Balaban J connectivity index is 1.61. The molecule has 4 heterocycles. The molecule has 2 atom stereocenters. The molecule has 1 aliphatic heterocycles. The smallest absolute Gasteiger partial charge is 0.293 e. The second-order valence-electron chi connectivity index (χ2n) is 6.02. The molecule has 4 rings (SSSR count). The van der Waals surface area contributed by atoms with Crippen molar-refractivity contribution in [1.82, 2.24) is 10.3 Å². The molecule has 144 valence electrons. The third-order valence-corrected chi connectivity index (χ3v) is 5.22. The standard InChI is InChI=1S/C20H19N3O4S/c1-3-4-7-12(21-2)16-17(27-16)18-15(13-8-5-10-25-13)22-20(28-18)23-19(24)14-9-6-11-26-14/h3-11,16-17,21H,1-2H3,(H,22,23,24)/b4-3-,12-7?. The van der Waals surface area contributed by atoms with Crippen LogP contribution in [0.5, 0.6) is 0 Å². The first kappa shape index (κ1) is 18.3. The molecule has 1 saturated heterocycles. The van der Waals surface area contributed by atoms with Crippen LogP contribution in [0.1, 0.15) is 28.5 Å². The first-order valence-electron chi connectivity index (χ1n) is 8.76. The van der Waals surface area contributed by atoms with Gasteiger partial charge in [-0.2, -0.15) is 0 Å². The van der Waals surface area contributed by atoms with Crippen LogP contribution in [0.25, 0.3) is 11.5 Å². The van der Waals surface area contributed by atoms with Gasteiger partial charge in [-0.15, -0.1) is 0 Å². The van der Waals surface area contributed by atoms with E-state index in [0.29, 0.717) is 16.6 Å². The monoisotopic (exact) mass is 397 g/mol. The number of thiazole rings is 1. The van der Waals surface area contributed by atoms with Crippen LogP contribution in [0.2, 0.25) is 0 Å². The maximum atomic E-state index is 12.3. The van der Waals surface area contributed by atoms with Crippen molar-refractivity contribution in [3.63, 3.8) is 0 Å². The number of aromatic nitrogens is 1. The van der Waals surface area contributed by atoms with Gasteiger partial charge in [-0.05, 0) is 37.3 Å². The van der Waals surface area contributed by atoms with Crippen molar-refractivity contribution in [2.45, 2.75) is 19.1 Å². The molecule has 0 spiro atoms. The van der Waals surface area contributed by atoms with E-state index in [1.807, 2.05) is 38.3 Å². The Hall–Kier alpha value is -3.10. The van der Waals surface area contributed by atoms with E-state index >= 15 is 0 Å². The molecular weight excluding hydrogens is 378 g/mol. The Bertz CT molecular complexity index is 1000. The predicted molar refractivity (Wildman–Crippen MR) is 106 cm³/mol. The molecule has 0 aromatic carbocycles. The number of allylic oxidation sites excluding steroid dienone is 3. The van der Waals surface area contributed by atoms with Gasteiger partial charge in [-0.25, -0.2) is 4.98 Å². The van der Waals surface area contributed by atoms with E-state index in [9.17, 15) is 4.79 Å². The summed E-state index contributed by atoms with van der Waals surface area (Å²) in [7, 11) is 1.86. The molecule has 0 saturated carbocycles. The number of carbonyl (C=O) groups excluding carboxylic acids is 1. The van der Waals surface area contributed by atoms with E-state index in [0.717, 1.165) is 10.6 Å². The number of likely N-dealkylation sites (N-methyl/N-ethyl adjacent to an activating group) is 1. The van der Waals surface area contributed by atoms with Crippen LogP contribution in [-0.2, 0) is 4.74 Å². The second kappa shape index (κ2) is 7.87. The number of hydrogen-bond acceptors (Lipinski definition) is 7. The topological polar surface area (TPSA) is 92.8 Å². The van der Waals surface area contributed by atoms with Crippen molar-refractivity contribution < 1.29 is 18.4 Å². The minimum Gasteiger partial charge on any atom is -0.463 e. The van der Waals surface area contributed by atoms with Crippen LogP contribution in [-0.4, -0.2) is 24.0 Å². The largest absolute Gasteiger partial charge is 0.463 e. The molecule has 0 bridgehead atoms. The van der Waals surface area contributed by atoms with Crippen LogP contribution in [0.4, 0.5) is 5.13 Å². The first-order valence-corrected chi connectivity index (χ1v) is 9.58. The number of hydrogen-bond donors (Lipinski definition) is 2. The third kappa shape index (κ3) is 3.64. The lowest BCUT2D eigenvalue weighted by Gasteiger charge is -2.01. The number of nitrogens with zero attached hydrogens (tertiary/aromatic N) is 1. The van der Waals surface area contributed by atoms with E-state index in [1.165, 1.54) is 17.6 Å². The highest BCUT2D eigenvalue weighted by Crippen LogP contribution is 2.49. The van der Waals surface area contributed by atoms with Crippen LogP contribution >= 0.6 is 11.3 Å². The highest BCUT2D eigenvalue weighted by atomic mass is 32.1. The average molecular weight is 397 g/mol. The van der Waals surface area contributed by atoms with Gasteiger partial charge in [-0.3, -0.25) is 10.1 Å². The van der Waals surface area contributed by atoms with Crippen LogP contribution in [0.3, 0.4) is 0 Å². The van der Waals surface area contributed by atoms with Crippen LogP contribution in [0.15, 0.2) is 69.6 Å². The SMILES string of the molecule is C/C=C\C=C(NC)C1OC1c1sc(NC(=O)c2ccco2)nc1-c1ccco1. The lowest BCUT2D eigenvalue weighted by molar-refractivity contribution is 0.0996. The molecule has 8 heteroatoms. The molecule has 1 aliphatic rings. The fraction of sp³-hybridized carbons (Fsp3) is 0.200. The van der Waals surface area contributed by atoms with E-state index in [-0.39, 0.29) is 23.9 Å². The van der Waals surface area contributed by atoms with Crippen molar-refractivity contribution >= 4 is 22.4 Å². The van der Waals surface area contributed by atoms with Gasteiger partial charge in [0.25, 0.3) is 5.91 Å². The van der Waals surface area contributed by atoms with E-state index < -0.39 is 0 Å². The number of ether oxygens (including phenoxy) is 1. The average Bonchev–Trinajstić information content (AvgIpc) is 3.15. The Morgan fingerprint density at radius 1 is 1.25 bits per heavy atom. The Morgan fingerprint density at radius 3 is 2.75 bits per heavy atom. The summed E-state index contributed by atoms with van der Waals surface area (Å²) in [6, 6.07) is 6.90. The van der Waals surface area contributed by atoms with Gasteiger partial charge in [0, 0.05) is 12.7 Å². The zero-order chi connectivity index (χ0) is 19.5. The maximum Gasteiger partial charge on any atom is 0.293 e. The quantitative estimate of drug-likeness (QED) is 0.454. The summed E-state index contributed by atoms with van der Waals surface area (Å²) in [4.78, 5) is 17.7. The molecule has 2 N–H and O–H groups in total. The molecule has 2 unspecified atom stereocenters. The number of amides is 1. The fourth-order valence-corrected chi connectivity index (χ4v) is 3.83. The number of anilines is 1. The van der Waals surface area contributed by atoms with E-state index in [2.05, 4.69) is 15.6 Å². The van der Waals surface area contributed by atoms with Gasteiger partial charge < -0.3 is 18.9 Å². The number of nitrogens with one attached hydrogen (secondary N) is 2. The number of epoxide rings is 1. The van der Waals surface area contributed by atoms with Gasteiger partial charge in [0.2, 0.25) is 0 Å². The van der Waals surface area contributed by atoms with Gasteiger partial charge in [0.05, 0.1) is 17.4 Å². The summed E-state index contributed by atoms with van der Waals surface area (Å²) in [6.45, 7) is 1.96. The lowest BCUT2D eigenvalue weighted by Crippen LogP contribution is -2.11. The van der Waals surface area contributed by atoms with Crippen molar-refractivity contribution in [3.05, 3.63) is 71.4 Å². The molecule has 1 fully saturated rings. The zero-order valence-electron chi connectivity index (χ0n) is 15.3. The molecule has 7 nitrogen and oxygen atoms in total. The van der Waals surface area contributed by atoms with E-state index in [4.69, 9.17) is 13.6 Å². The van der Waals surface area contributed by atoms with E-state index in [1.54, 1.807) is 24.5 Å². The van der Waals surface area contributed by atoms with Crippen molar-refractivity contribution in [3.8, 4) is 11.5 Å². The molecule has 0 aliphatic carbocycles. The third-order valence-electron chi connectivity index (χ3n) is 4.19. The normalized spacial score (nSPS) is 19.1. The lowest BCUT2D eigenvalue weighted by atomic mass is 10.1. The summed E-state index contributed by atoms with van der Waals surface area (Å²) in [5.74, 6) is 0.500. The summed E-state index contributed by atoms with van der Waals surface area (Å²) in [5, 5.41) is 6.41. The predicted octanol–water partition coefficient (Wildman–Crippen LogP) is 4.37. The fourth-order valence-electron chi connectivity index (χ4n) is 2.80. The summed E-state index contributed by atoms with van der Waals surface area (Å²) in [5.41, 5.74) is 1.64. The first-order chi connectivity index (χ1) is 13.7. The van der Waals surface area contributed by atoms with Crippen molar-refractivity contribution in [2.24, 2.45) is 0 Å². The summed E-state index contributed by atoms with van der Waals surface area (Å²) in [6.07, 6.45) is 8.70. The number of carbonyl (C=O) groups is 1. The number of furan rings is 2. The van der Waals surface area contributed by atoms with Crippen LogP contribution in [0, 0.1) is 0 Å². The van der Waals surface area contributed by atoms with Gasteiger partial charge in [0.1, 0.15) is 17.9 Å². The zero-order valence-corrected chi connectivity index (χ0v) is 16.2. The van der Waals surface area contributed by atoms with Crippen LogP contribution < -0.4 is 10.6 Å². The molecule has 3 aromatic heterocycles. The summed E-state index contributed by atoms with van der Waals surface area (Å²) < 4.78 is 16.6. The molecule has 28 heavy (non-hydrogen) atoms. The Labute approximate surface area is 165 Å². The van der Waals surface area contributed by atoms with Crippen molar-refractivity contribution in [1.29, 1.82) is 0 Å². The van der Waals surface area contributed by atoms with Gasteiger partial charge in [-0.1, -0.05) is 23.5 Å². The maximum absolute atomic E-state index is 12.3.